The van der Waals surface area contributed by atoms with Crippen molar-refractivity contribution in [2.75, 3.05) is 25.3 Å². The highest BCUT2D eigenvalue weighted by molar-refractivity contribution is 7.99. The third-order valence-corrected chi connectivity index (χ3v) is 6.05. The smallest absolute Gasteiger partial charge is 0.263 e. The van der Waals surface area contributed by atoms with E-state index in [0.29, 0.717) is 46.5 Å². The average molecular weight is 481 g/mol. The Bertz CT molecular complexity index is 1380. The van der Waals surface area contributed by atoms with E-state index in [4.69, 9.17) is 9.47 Å². The molecule has 0 radical (unpaired) electrons. The second-order valence-corrected chi connectivity index (χ2v) is 8.38. The first-order valence-corrected chi connectivity index (χ1v) is 11.5. The molecule has 2 N–H and O–H groups in total. The standard InChI is InChI=1S/C23H24N6O4S/c1-14-11-19(28-27-14)25-20(30)13-34-23-26-21-16(5-4-9-24-21)22(31)29(23)10-8-15-6-7-17(32-2)18(12-15)33-3/h4-7,9,11-12H,8,10,13H2,1-3H3,(H2,25,27,28,30). The summed E-state index contributed by atoms with van der Waals surface area (Å²) < 4.78 is 12.3. The third kappa shape index (κ3) is 5.20. The first-order valence-electron chi connectivity index (χ1n) is 10.5. The number of nitrogens with one attached hydrogen (secondary N) is 2. The molecule has 4 rings (SSSR count). The molecule has 3 heterocycles. The van der Waals surface area contributed by atoms with Gasteiger partial charge in [0.15, 0.2) is 28.1 Å². The lowest BCUT2D eigenvalue weighted by Crippen LogP contribution is -2.25. The molecule has 0 fully saturated rings. The van der Waals surface area contributed by atoms with Gasteiger partial charge in [0.1, 0.15) is 0 Å². The first-order chi connectivity index (χ1) is 16.5. The SMILES string of the molecule is COc1ccc(CCn2c(SCC(=O)Nc3cc(C)[nH]n3)nc3ncccc3c2=O)cc1OC. The number of thioether (sulfide) groups is 1. The monoisotopic (exact) mass is 480 g/mol. The van der Waals surface area contributed by atoms with Crippen LogP contribution in [0.5, 0.6) is 11.5 Å². The zero-order chi connectivity index (χ0) is 24.1. The molecular formula is C23H24N6O4S. The van der Waals surface area contributed by atoms with Gasteiger partial charge in [0, 0.05) is 24.5 Å². The summed E-state index contributed by atoms with van der Waals surface area (Å²) in [5, 5.41) is 10.4. The van der Waals surface area contributed by atoms with Crippen molar-refractivity contribution in [2.24, 2.45) is 0 Å². The number of fused-ring (bicyclic) bond motifs is 1. The summed E-state index contributed by atoms with van der Waals surface area (Å²) in [4.78, 5) is 34.4. The van der Waals surface area contributed by atoms with E-state index in [2.05, 4.69) is 25.5 Å². The maximum absolute atomic E-state index is 13.2. The van der Waals surface area contributed by atoms with E-state index in [1.807, 2.05) is 25.1 Å². The fourth-order valence-corrected chi connectivity index (χ4v) is 4.23. The predicted octanol–water partition coefficient (Wildman–Crippen LogP) is 2.81. The molecule has 0 aliphatic rings. The highest BCUT2D eigenvalue weighted by Crippen LogP contribution is 2.28. The topological polar surface area (TPSA) is 124 Å². The van der Waals surface area contributed by atoms with Crippen molar-refractivity contribution in [3.8, 4) is 11.5 Å². The molecule has 1 amide bonds. The van der Waals surface area contributed by atoms with Gasteiger partial charge < -0.3 is 14.8 Å². The molecule has 0 saturated carbocycles. The number of ether oxygens (including phenoxy) is 2. The van der Waals surface area contributed by atoms with Crippen LogP contribution in [0.4, 0.5) is 5.82 Å². The van der Waals surface area contributed by atoms with E-state index in [0.717, 1.165) is 11.3 Å². The lowest BCUT2D eigenvalue weighted by atomic mass is 10.1. The molecule has 176 valence electrons. The van der Waals surface area contributed by atoms with Crippen LogP contribution < -0.4 is 20.3 Å². The van der Waals surface area contributed by atoms with Gasteiger partial charge in [0.2, 0.25) is 5.91 Å². The molecule has 4 aromatic rings. The van der Waals surface area contributed by atoms with E-state index in [1.54, 1.807) is 43.2 Å². The predicted molar refractivity (Wildman–Crippen MR) is 130 cm³/mol. The Morgan fingerprint density at radius 3 is 2.74 bits per heavy atom. The van der Waals surface area contributed by atoms with Crippen molar-refractivity contribution in [3.63, 3.8) is 0 Å². The molecule has 0 bridgehead atoms. The number of nitrogens with zero attached hydrogens (tertiary/aromatic N) is 4. The molecular weight excluding hydrogens is 456 g/mol. The van der Waals surface area contributed by atoms with Crippen LogP contribution in [0.2, 0.25) is 0 Å². The minimum atomic E-state index is -0.252. The number of carbonyl (C=O) groups is 1. The summed E-state index contributed by atoms with van der Waals surface area (Å²) in [6.45, 7) is 2.22. The van der Waals surface area contributed by atoms with Gasteiger partial charge in [0.05, 0.1) is 25.4 Å². The normalized spacial score (nSPS) is 10.9. The number of aromatic nitrogens is 5. The molecule has 0 spiro atoms. The number of amides is 1. The summed E-state index contributed by atoms with van der Waals surface area (Å²) in [6.07, 6.45) is 2.14. The van der Waals surface area contributed by atoms with Gasteiger partial charge in [-0.05, 0) is 43.2 Å². The lowest BCUT2D eigenvalue weighted by molar-refractivity contribution is -0.113. The van der Waals surface area contributed by atoms with Crippen LogP contribution >= 0.6 is 11.8 Å². The Balaban J connectivity index is 1.57. The van der Waals surface area contributed by atoms with Crippen LogP contribution in [0.15, 0.2) is 52.5 Å². The second kappa shape index (κ2) is 10.4. The van der Waals surface area contributed by atoms with E-state index in [9.17, 15) is 9.59 Å². The van der Waals surface area contributed by atoms with E-state index in [1.165, 1.54) is 11.8 Å². The van der Waals surface area contributed by atoms with Gasteiger partial charge in [0.25, 0.3) is 5.56 Å². The highest BCUT2D eigenvalue weighted by Gasteiger charge is 2.15. The molecule has 0 unspecified atom stereocenters. The number of hydrogen-bond acceptors (Lipinski definition) is 8. The zero-order valence-electron chi connectivity index (χ0n) is 19.0. The number of hydrogen-bond donors (Lipinski definition) is 2. The number of carbonyl (C=O) groups excluding carboxylic acids is 1. The van der Waals surface area contributed by atoms with Crippen LogP contribution in [-0.4, -0.2) is 50.6 Å². The number of aromatic amines is 1. The molecule has 0 aliphatic carbocycles. The minimum absolute atomic E-state index is 0.0625. The highest BCUT2D eigenvalue weighted by atomic mass is 32.2. The summed E-state index contributed by atoms with van der Waals surface area (Å²) in [5.41, 5.74) is 1.96. The molecule has 34 heavy (non-hydrogen) atoms. The van der Waals surface area contributed by atoms with Gasteiger partial charge in [-0.25, -0.2) is 9.97 Å². The molecule has 11 heteroatoms. The molecule has 0 saturated heterocycles. The second-order valence-electron chi connectivity index (χ2n) is 7.44. The molecule has 10 nitrogen and oxygen atoms in total. The maximum atomic E-state index is 13.2. The largest absolute Gasteiger partial charge is 0.493 e. The Morgan fingerprint density at radius 2 is 2.00 bits per heavy atom. The van der Waals surface area contributed by atoms with Gasteiger partial charge >= 0.3 is 0 Å². The van der Waals surface area contributed by atoms with Crippen LogP contribution in [0.3, 0.4) is 0 Å². The zero-order valence-corrected chi connectivity index (χ0v) is 19.8. The summed E-state index contributed by atoms with van der Waals surface area (Å²) >= 11 is 1.18. The maximum Gasteiger partial charge on any atom is 0.263 e. The van der Waals surface area contributed by atoms with Gasteiger partial charge in [-0.1, -0.05) is 17.8 Å². The fourth-order valence-electron chi connectivity index (χ4n) is 3.41. The fraction of sp³-hybridized carbons (Fsp3) is 0.261. The Morgan fingerprint density at radius 1 is 1.18 bits per heavy atom. The van der Waals surface area contributed by atoms with E-state index in [-0.39, 0.29) is 17.2 Å². The minimum Gasteiger partial charge on any atom is -0.493 e. The summed E-state index contributed by atoms with van der Waals surface area (Å²) in [5.74, 6) is 1.51. The third-order valence-electron chi connectivity index (χ3n) is 5.07. The number of aryl methyl sites for hydroxylation is 2. The van der Waals surface area contributed by atoms with Crippen molar-refractivity contribution in [3.05, 3.63) is 64.2 Å². The molecule has 3 aromatic heterocycles. The van der Waals surface area contributed by atoms with E-state index >= 15 is 0 Å². The first kappa shape index (κ1) is 23.3. The van der Waals surface area contributed by atoms with Crippen molar-refractivity contribution in [2.45, 2.75) is 25.0 Å². The van der Waals surface area contributed by atoms with Crippen molar-refractivity contribution >= 4 is 34.5 Å². The Hall–Kier alpha value is -3.86. The Kier molecular flexibility index (Phi) is 7.12. The number of benzene rings is 1. The molecule has 1 aromatic carbocycles. The quantitative estimate of drug-likeness (QED) is 0.277. The summed E-state index contributed by atoms with van der Waals surface area (Å²) in [7, 11) is 3.16. The van der Waals surface area contributed by atoms with Crippen molar-refractivity contribution in [1.29, 1.82) is 0 Å². The lowest BCUT2D eigenvalue weighted by Gasteiger charge is -2.14. The average Bonchev–Trinajstić information content (AvgIpc) is 3.26. The number of H-pyrrole nitrogens is 1. The van der Waals surface area contributed by atoms with Crippen molar-refractivity contribution in [1.82, 2.24) is 24.7 Å². The number of anilines is 1. The van der Waals surface area contributed by atoms with Crippen LogP contribution in [0.1, 0.15) is 11.3 Å². The summed E-state index contributed by atoms with van der Waals surface area (Å²) in [6, 6.07) is 10.8. The number of methoxy groups -OCH3 is 2. The van der Waals surface area contributed by atoms with E-state index < -0.39 is 0 Å². The van der Waals surface area contributed by atoms with Gasteiger partial charge in [-0.15, -0.1) is 0 Å². The number of rotatable bonds is 9. The molecule has 0 aliphatic heterocycles. The van der Waals surface area contributed by atoms with Gasteiger partial charge in [-0.2, -0.15) is 5.10 Å². The van der Waals surface area contributed by atoms with Crippen LogP contribution in [-0.2, 0) is 17.8 Å². The van der Waals surface area contributed by atoms with Crippen molar-refractivity contribution < 1.29 is 14.3 Å². The van der Waals surface area contributed by atoms with Crippen LogP contribution in [0, 0.1) is 6.92 Å². The van der Waals surface area contributed by atoms with Crippen LogP contribution in [0.25, 0.3) is 11.0 Å². The number of pyridine rings is 1. The Labute approximate surface area is 199 Å². The molecule has 0 atom stereocenters. The van der Waals surface area contributed by atoms with Gasteiger partial charge in [-0.3, -0.25) is 19.3 Å².